The van der Waals surface area contributed by atoms with Crippen LogP contribution in [0.3, 0.4) is 0 Å². The maximum Gasteiger partial charge on any atom is 0.269 e. The molecule has 0 aliphatic rings. The summed E-state index contributed by atoms with van der Waals surface area (Å²) in [7, 11) is 1.52. The third-order valence-electron chi connectivity index (χ3n) is 2.19. The summed E-state index contributed by atoms with van der Waals surface area (Å²) < 4.78 is 4.78. The topological polar surface area (TPSA) is 84.6 Å². The zero-order valence-corrected chi connectivity index (χ0v) is 9.63. The lowest BCUT2D eigenvalue weighted by Gasteiger charge is -2.10. The molecule has 1 unspecified atom stereocenters. The van der Waals surface area contributed by atoms with E-state index >= 15 is 0 Å². The molecule has 17 heavy (non-hydrogen) atoms. The molecule has 0 amide bonds. The average molecular weight is 240 g/mol. The molecule has 1 rings (SSSR count). The summed E-state index contributed by atoms with van der Waals surface area (Å²) in [4.78, 5) is 10.1. The van der Waals surface area contributed by atoms with E-state index in [1.807, 2.05) is 0 Å². The van der Waals surface area contributed by atoms with Crippen molar-refractivity contribution in [2.75, 3.05) is 20.3 Å². The molecule has 0 aliphatic heterocycles. The molecule has 2 N–H and O–H groups in total. The van der Waals surface area contributed by atoms with Gasteiger partial charge in [-0.05, 0) is 5.56 Å². The maximum atomic E-state index is 10.5. The van der Waals surface area contributed by atoms with E-state index in [1.165, 1.54) is 19.2 Å². The number of ether oxygens (including phenoxy) is 1. The highest BCUT2D eigenvalue weighted by Crippen LogP contribution is 2.12. The number of aliphatic hydroxyl groups is 1. The molecule has 0 fully saturated rings. The van der Waals surface area contributed by atoms with Crippen LogP contribution in [0.15, 0.2) is 24.3 Å². The number of hydrogen-bond acceptors (Lipinski definition) is 5. The zero-order valence-electron chi connectivity index (χ0n) is 9.63. The van der Waals surface area contributed by atoms with Gasteiger partial charge in [-0.2, -0.15) is 0 Å². The highest BCUT2D eigenvalue weighted by molar-refractivity contribution is 5.34. The summed E-state index contributed by atoms with van der Waals surface area (Å²) in [6, 6.07) is 6.39. The Bertz CT molecular complexity index is 370. The lowest BCUT2D eigenvalue weighted by molar-refractivity contribution is -0.384. The Hall–Kier alpha value is -1.50. The smallest absolute Gasteiger partial charge is 0.269 e. The van der Waals surface area contributed by atoms with E-state index < -0.39 is 11.0 Å². The minimum Gasteiger partial charge on any atom is -0.389 e. The van der Waals surface area contributed by atoms with Gasteiger partial charge in [0.05, 0.1) is 17.6 Å². The van der Waals surface area contributed by atoms with E-state index in [0.717, 1.165) is 5.56 Å². The molecule has 1 aromatic carbocycles. The van der Waals surface area contributed by atoms with Gasteiger partial charge in [0.2, 0.25) is 0 Å². The van der Waals surface area contributed by atoms with Crippen LogP contribution in [-0.4, -0.2) is 36.4 Å². The fourth-order valence-electron chi connectivity index (χ4n) is 1.41. The molecular weight excluding hydrogens is 224 g/mol. The Morgan fingerprint density at radius 1 is 1.59 bits per heavy atom. The molecule has 0 aliphatic carbocycles. The van der Waals surface area contributed by atoms with E-state index in [2.05, 4.69) is 5.32 Å². The van der Waals surface area contributed by atoms with Gasteiger partial charge in [0.25, 0.3) is 5.69 Å². The standard InChI is InChI=1S/C11H16N2O4/c1-17-8-11(14)7-12-6-9-3-2-4-10(5-9)13(15)16/h2-5,11-12,14H,6-8H2,1H3. The first kappa shape index (κ1) is 13.6. The van der Waals surface area contributed by atoms with Crippen LogP contribution in [0.2, 0.25) is 0 Å². The van der Waals surface area contributed by atoms with Crippen molar-refractivity contribution < 1.29 is 14.8 Å². The third kappa shape index (κ3) is 4.90. The van der Waals surface area contributed by atoms with Crippen LogP contribution in [0.1, 0.15) is 5.56 Å². The summed E-state index contributed by atoms with van der Waals surface area (Å²) in [6.07, 6.45) is -0.571. The predicted octanol–water partition coefficient (Wildman–Crippen LogP) is 0.692. The fraction of sp³-hybridized carbons (Fsp3) is 0.455. The van der Waals surface area contributed by atoms with E-state index in [9.17, 15) is 15.2 Å². The molecule has 0 bridgehead atoms. The Balaban J connectivity index is 2.41. The monoisotopic (exact) mass is 240 g/mol. The second kappa shape index (κ2) is 6.95. The Morgan fingerprint density at radius 3 is 3.00 bits per heavy atom. The van der Waals surface area contributed by atoms with Gasteiger partial charge in [-0.15, -0.1) is 0 Å². The van der Waals surface area contributed by atoms with Gasteiger partial charge in [0, 0.05) is 32.3 Å². The molecule has 1 atom stereocenters. The van der Waals surface area contributed by atoms with E-state index in [1.54, 1.807) is 12.1 Å². The molecule has 6 heteroatoms. The number of nitro benzene ring substituents is 1. The number of non-ortho nitro benzene ring substituents is 1. The number of hydrogen-bond donors (Lipinski definition) is 2. The number of methoxy groups -OCH3 is 1. The summed E-state index contributed by atoms with van der Waals surface area (Å²) in [5, 5.41) is 22.9. The van der Waals surface area contributed by atoms with Crippen LogP contribution in [0, 0.1) is 10.1 Å². The molecule has 0 aromatic heterocycles. The summed E-state index contributed by atoms with van der Waals surface area (Å²) in [5.74, 6) is 0. The van der Waals surface area contributed by atoms with Crippen molar-refractivity contribution in [3.63, 3.8) is 0 Å². The predicted molar refractivity (Wildman–Crippen MR) is 62.7 cm³/mol. The zero-order chi connectivity index (χ0) is 12.7. The van der Waals surface area contributed by atoms with Crippen LogP contribution in [-0.2, 0) is 11.3 Å². The van der Waals surface area contributed by atoms with Crippen LogP contribution in [0.4, 0.5) is 5.69 Å². The number of rotatable bonds is 7. The number of aliphatic hydroxyl groups excluding tert-OH is 1. The fourth-order valence-corrected chi connectivity index (χ4v) is 1.41. The normalized spacial score (nSPS) is 12.4. The first-order valence-electron chi connectivity index (χ1n) is 5.24. The minimum absolute atomic E-state index is 0.0711. The lowest BCUT2D eigenvalue weighted by Crippen LogP contribution is -2.29. The van der Waals surface area contributed by atoms with Gasteiger partial charge in [0.1, 0.15) is 0 Å². The molecule has 94 valence electrons. The average Bonchev–Trinajstić information content (AvgIpc) is 2.30. The molecule has 0 saturated heterocycles. The highest BCUT2D eigenvalue weighted by atomic mass is 16.6. The number of benzene rings is 1. The van der Waals surface area contributed by atoms with Gasteiger partial charge in [-0.25, -0.2) is 0 Å². The highest BCUT2D eigenvalue weighted by Gasteiger charge is 2.06. The van der Waals surface area contributed by atoms with Crippen molar-refractivity contribution in [1.82, 2.24) is 5.32 Å². The summed E-state index contributed by atoms with van der Waals surface area (Å²) in [6.45, 7) is 1.13. The van der Waals surface area contributed by atoms with Gasteiger partial charge in [-0.3, -0.25) is 10.1 Å². The van der Waals surface area contributed by atoms with Crippen molar-refractivity contribution in [2.24, 2.45) is 0 Å². The number of nitro groups is 1. The summed E-state index contributed by atoms with van der Waals surface area (Å²) in [5.41, 5.74) is 0.880. The Morgan fingerprint density at radius 2 is 2.35 bits per heavy atom. The van der Waals surface area contributed by atoms with Gasteiger partial charge in [0.15, 0.2) is 0 Å². The number of nitrogens with one attached hydrogen (secondary N) is 1. The number of nitrogens with zero attached hydrogens (tertiary/aromatic N) is 1. The minimum atomic E-state index is -0.571. The first-order chi connectivity index (χ1) is 8.13. The second-order valence-corrected chi connectivity index (χ2v) is 3.67. The Labute approximate surface area is 99.4 Å². The van der Waals surface area contributed by atoms with Gasteiger partial charge < -0.3 is 15.2 Å². The summed E-state index contributed by atoms with van der Waals surface area (Å²) >= 11 is 0. The van der Waals surface area contributed by atoms with Crippen molar-refractivity contribution in [3.05, 3.63) is 39.9 Å². The SMILES string of the molecule is COCC(O)CNCc1cccc([N+](=O)[O-])c1. The molecular formula is C11H16N2O4. The molecule has 6 nitrogen and oxygen atoms in total. The van der Waals surface area contributed by atoms with Crippen molar-refractivity contribution in [2.45, 2.75) is 12.6 Å². The second-order valence-electron chi connectivity index (χ2n) is 3.67. The molecule has 0 radical (unpaired) electrons. The molecule has 0 spiro atoms. The molecule has 1 aromatic rings. The lowest BCUT2D eigenvalue weighted by atomic mass is 10.2. The molecule has 0 heterocycles. The quantitative estimate of drug-likeness (QED) is 0.541. The van der Waals surface area contributed by atoms with Crippen LogP contribution in [0.5, 0.6) is 0 Å². The Kier molecular flexibility index (Phi) is 5.55. The van der Waals surface area contributed by atoms with Crippen molar-refractivity contribution in [1.29, 1.82) is 0 Å². The van der Waals surface area contributed by atoms with Crippen LogP contribution < -0.4 is 5.32 Å². The van der Waals surface area contributed by atoms with Crippen molar-refractivity contribution >= 4 is 5.69 Å². The first-order valence-corrected chi connectivity index (χ1v) is 5.24. The molecule has 0 saturated carbocycles. The third-order valence-corrected chi connectivity index (χ3v) is 2.19. The van der Waals surface area contributed by atoms with E-state index in [-0.39, 0.29) is 12.3 Å². The van der Waals surface area contributed by atoms with Gasteiger partial charge in [-0.1, -0.05) is 12.1 Å². The maximum absolute atomic E-state index is 10.5. The largest absolute Gasteiger partial charge is 0.389 e. The van der Waals surface area contributed by atoms with Crippen LogP contribution >= 0.6 is 0 Å². The van der Waals surface area contributed by atoms with Crippen LogP contribution in [0.25, 0.3) is 0 Å². The van der Waals surface area contributed by atoms with Crippen molar-refractivity contribution in [3.8, 4) is 0 Å². The van der Waals surface area contributed by atoms with Gasteiger partial charge >= 0.3 is 0 Å². The van der Waals surface area contributed by atoms with E-state index in [4.69, 9.17) is 4.74 Å². The van der Waals surface area contributed by atoms with E-state index in [0.29, 0.717) is 13.1 Å².